The molecule has 1 amide bonds. The second-order valence-corrected chi connectivity index (χ2v) is 6.48. The second kappa shape index (κ2) is 9.26. The van der Waals surface area contributed by atoms with E-state index in [9.17, 15) is 4.79 Å². The first-order chi connectivity index (χ1) is 10.8. The normalized spacial score (nSPS) is 24.3. The van der Waals surface area contributed by atoms with Crippen molar-refractivity contribution in [1.29, 1.82) is 0 Å². The molecular weight excluding hydrogens is 312 g/mol. The van der Waals surface area contributed by atoms with Crippen molar-refractivity contribution in [2.75, 3.05) is 32.8 Å². The number of ether oxygens (including phenoxy) is 1. The van der Waals surface area contributed by atoms with Crippen molar-refractivity contribution in [1.82, 2.24) is 10.2 Å². The number of piperidine rings is 1. The number of carbonyl (C=O) groups is 1. The smallest absolute Gasteiger partial charge is 0.226 e. The summed E-state index contributed by atoms with van der Waals surface area (Å²) < 4.78 is 5.83. The predicted molar refractivity (Wildman–Crippen MR) is 93.6 cm³/mol. The first-order valence-electron chi connectivity index (χ1n) is 8.44. The van der Waals surface area contributed by atoms with Gasteiger partial charge in [0, 0.05) is 25.6 Å². The van der Waals surface area contributed by atoms with Crippen molar-refractivity contribution in [3.63, 3.8) is 0 Å². The van der Waals surface area contributed by atoms with Crippen molar-refractivity contribution < 1.29 is 9.53 Å². The van der Waals surface area contributed by atoms with E-state index in [2.05, 4.69) is 17.4 Å². The highest BCUT2D eigenvalue weighted by molar-refractivity contribution is 5.85. The summed E-state index contributed by atoms with van der Waals surface area (Å²) >= 11 is 0. The summed E-state index contributed by atoms with van der Waals surface area (Å²) in [6.07, 6.45) is 3.23. The highest BCUT2D eigenvalue weighted by atomic mass is 35.5. The van der Waals surface area contributed by atoms with Crippen LogP contribution in [0.15, 0.2) is 30.3 Å². The van der Waals surface area contributed by atoms with Crippen LogP contribution < -0.4 is 5.32 Å². The van der Waals surface area contributed by atoms with Crippen molar-refractivity contribution in [2.45, 2.75) is 25.9 Å². The Balaban J connectivity index is 0.00000192. The summed E-state index contributed by atoms with van der Waals surface area (Å²) in [5, 5.41) is 3.33. The van der Waals surface area contributed by atoms with E-state index in [1.807, 2.05) is 23.1 Å². The molecule has 2 unspecified atom stereocenters. The summed E-state index contributed by atoms with van der Waals surface area (Å²) in [6, 6.07) is 10.3. The van der Waals surface area contributed by atoms with Gasteiger partial charge in [-0.1, -0.05) is 30.3 Å². The monoisotopic (exact) mass is 338 g/mol. The molecule has 2 heterocycles. The molecular formula is C18H27ClN2O2. The molecule has 1 aromatic rings. The molecule has 2 atom stereocenters. The maximum absolute atomic E-state index is 12.5. The third kappa shape index (κ3) is 5.20. The Hall–Kier alpha value is -1.10. The molecule has 2 saturated heterocycles. The van der Waals surface area contributed by atoms with Crippen LogP contribution in [-0.4, -0.2) is 43.6 Å². The van der Waals surface area contributed by atoms with E-state index in [0.29, 0.717) is 18.4 Å². The van der Waals surface area contributed by atoms with E-state index in [-0.39, 0.29) is 18.3 Å². The Bertz CT molecular complexity index is 477. The summed E-state index contributed by atoms with van der Waals surface area (Å²) in [4.78, 5) is 14.5. The van der Waals surface area contributed by atoms with E-state index in [0.717, 1.165) is 52.0 Å². The SMILES string of the molecule is Cl.O=C(C1CCCNC1)N1CCC(COCc2ccccc2)C1. The van der Waals surface area contributed by atoms with E-state index in [1.165, 1.54) is 5.56 Å². The van der Waals surface area contributed by atoms with Gasteiger partial charge in [-0.3, -0.25) is 4.79 Å². The minimum absolute atomic E-state index is 0. The number of nitrogens with zero attached hydrogens (tertiary/aromatic N) is 1. The second-order valence-electron chi connectivity index (χ2n) is 6.48. The zero-order valence-corrected chi connectivity index (χ0v) is 14.4. The van der Waals surface area contributed by atoms with Crippen LogP contribution in [0.1, 0.15) is 24.8 Å². The number of nitrogens with one attached hydrogen (secondary N) is 1. The van der Waals surface area contributed by atoms with Crippen LogP contribution in [0.5, 0.6) is 0 Å². The Morgan fingerprint density at radius 3 is 2.83 bits per heavy atom. The molecule has 1 aromatic carbocycles. The number of benzene rings is 1. The Kier molecular flexibility index (Phi) is 7.34. The fourth-order valence-corrected chi connectivity index (χ4v) is 3.41. The lowest BCUT2D eigenvalue weighted by molar-refractivity contribution is -0.135. The number of hydrogen-bond donors (Lipinski definition) is 1. The summed E-state index contributed by atoms with van der Waals surface area (Å²) in [7, 11) is 0. The lowest BCUT2D eigenvalue weighted by Crippen LogP contribution is -2.42. The lowest BCUT2D eigenvalue weighted by Gasteiger charge is -2.26. The van der Waals surface area contributed by atoms with Gasteiger partial charge in [0.2, 0.25) is 5.91 Å². The number of rotatable bonds is 5. The van der Waals surface area contributed by atoms with E-state index < -0.39 is 0 Å². The van der Waals surface area contributed by atoms with Gasteiger partial charge in [0.1, 0.15) is 0 Å². The number of carbonyl (C=O) groups excluding carboxylic acids is 1. The molecule has 0 aromatic heterocycles. The Labute approximate surface area is 145 Å². The molecule has 2 aliphatic heterocycles. The van der Waals surface area contributed by atoms with Crippen molar-refractivity contribution >= 4 is 18.3 Å². The van der Waals surface area contributed by atoms with Gasteiger partial charge in [0.15, 0.2) is 0 Å². The minimum Gasteiger partial charge on any atom is -0.376 e. The fourth-order valence-electron chi connectivity index (χ4n) is 3.41. The van der Waals surface area contributed by atoms with Gasteiger partial charge >= 0.3 is 0 Å². The molecule has 0 radical (unpaired) electrons. The van der Waals surface area contributed by atoms with Crippen LogP contribution in [0.3, 0.4) is 0 Å². The van der Waals surface area contributed by atoms with Gasteiger partial charge in [-0.2, -0.15) is 0 Å². The van der Waals surface area contributed by atoms with Gasteiger partial charge in [-0.15, -0.1) is 12.4 Å². The van der Waals surface area contributed by atoms with E-state index >= 15 is 0 Å². The predicted octanol–water partition coefficient (Wildman–Crippen LogP) is 2.47. The van der Waals surface area contributed by atoms with Crippen molar-refractivity contribution in [3.05, 3.63) is 35.9 Å². The van der Waals surface area contributed by atoms with Crippen LogP contribution in [0, 0.1) is 11.8 Å². The maximum Gasteiger partial charge on any atom is 0.226 e. The van der Waals surface area contributed by atoms with Crippen molar-refractivity contribution in [3.8, 4) is 0 Å². The van der Waals surface area contributed by atoms with E-state index in [4.69, 9.17) is 4.74 Å². The Morgan fingerprint density at radius 1 is 1.26 bits per heavy atom. The zero-order valence-electron chi connectivity index (χ0n) is 13.6. The molecule has 5 heteroatoms. The molecule has 4 nitrogen and oxygen atoms in total. The van der Waals surface area contributed by atoms with Gasteiger partial charge in [-0.25, -0.2) is 0 Å². The summed E-state index contributed by atoms with van der Waals surface area (Å²) in [5.74, 6) is 1.03. The largest absolute Gasteiger partial charge is 0.376 e. The quantitative estimate of drug-likeness (QED) is 0.896. The van der Waals surface area contributed by atoms with E-state index in [1.54, 1.807) is 0 Å². The minimum atomic E-state index is 0. The highest BCUT2D eigenvalue weighted by Crippen LogP contribution is 2.21. The average Bonchev–Trinajstić information content (AvgIpc) is 3.05. The van der Waals surface area contributed by atoms with Crippen LogP contribution in [-0.2, 0) is 16.1 Å². The molecule has 0 spiro atoms. The molecule has 0 aliphatic carbocycles. The summed E-state index contributed by atoms with van der Waals surface area (Å²) in [5.41, 5.74) is 1.21. The standard InChI is InChI=1S/C18H26N2O2.ClH/c21-18(17-7-4-9-19-11-17)20-10-8-16(12-20)14-22-13-15-5-2-1-3-6-15;/h1-3,5-6,16-17,19H,4,7-14H2;1H. The first-order valence-corrected chi connectivity index (χ1v) is 8.44. The molecule has 1 N–H and O–H groups in total. The molecule has 23 heavy (non-hydrogen) atoms. The Morgan fingerprint density at radius 2 is 2.09 bits per heavy atom. The maximum atomic E-state index is 12.5. The zero-order chi connectivity index (χ0) is 15.2. The summed E-state index contributed by atoms with van der Waals surface area (Å²) in [6.45, 7) is 5.09. The van der Waals surface area contributed by atoms with Crippen LogP contribution in [0.4, 0.5) is 0 Å². The van der Waals surface area contributed by atoms with Crippen LogP contribution >= 0.6 is 12.4 Å². The number of likely N-dealkylation sites (tertiary alicyclic amines) is 1. The average molecular weight is 339 g/mol. The fraction of sp³-hybridized carbons (Fsp3) is 0.611. The molecule has 2 fully saturated rings. The van der Waals surface area contributed by atoms with Gasteiger partial charge in [0.25, 0.3) is 0 Å². The van der Waals surface area contributed by atoms with Gasteiger partial charge in [0.05, 0.1) is 19.1 Å². The molecule has 128 valence electrons. The molecule has 2 aliphatic rings. The molecule has 0 saturated carbocycles. The van der Waals surface area contributed by atoms with Crippen LogP contribution in [0.2, 0.25) is 0 Å². The number of hydrogen-bond acceptors (Lipinski definition) is 3. The molecule has 3 rings (SSSR count). The van der Waals surface area contributed by atoms with Crippen molar-refractivity contribution in [2.24, 2.45) is 11.8 Å². The third-order valence-electron chi connectivity index (χ3n) is 4.71. The first kappa shape index (κ1) is 18.2. The molecule has 0 bridgehead atoms. The number of amides is 1. The number of halogens is 1. The lowest BCUT2D eigenvalue weighted by atomic mass is 9.98. The topological polar surface area (TPSA) is 41.6 Å². The van der Waals surface area contributed by atoms with Crippen LogP contribution in [0.25, 0.3) is 0 Å². The third-order valence-corrected chi connectivity index (χ3v) is 4.71. The highest BCUT2D eigenvalue weighted by Gasteiger charge is 2.31. The van der Waals surface area contributed by atoms with Gasteiger partial charge < -0.3 is 15.0 Å². The van der Waals surface area contributed by atoms with Gasteiger partial charge in [-0.05, 0) is 31.4 Å².